The van der Waals surface area contributed by atoms with Gasteiger partial charge in [-0.25, -0.2) is 4.98 Å². The molecule has 0 aliphatic heterocycles. The number of aryl methyl sites for hydroxylation is 3. The van der Waals surface area contributed by atoms with Gasteiger partial charge in [0.25, 0.3) is 5.56 Å². The standard InChI is InChI=1S/C17H26N4O2S/c1-4-5-6-12(9-18)19-14(22)8-7-13-20-16(23)15-10(2)11(3)24-17(15)21-13/h12H,4-9,18H2,1-3H3,(H,19,22)(H,20,21,23). The highest BCUT2D eigenvalue weighted by molar-refractivity contribution is 7.18. The van der Waals surface area contributed by atoms with Gasteiger partial charge in [-0.05, 0) is 25.8 Å². The lowest BCUT2D eigenvalue weighted by Gasteiger charge is -2.16. The van der Waals surface area contributed by atoms with Crippen LogP contribution in [0.15, 0.2) is 4.79 Å². The van der Waals surface area contributed by atoms with Crippen molar-refractivity contribution >= 4 is 27.5 Å². The zero-order valence-corrected chi connectivity index (χ0v) is 15.4. The number of nitrogens with zero attached hydrogens (tertiary/aromatic N) is 1. The van der Waals surface area contributed by atoms with Gasteiger partial charge in [-0.2, -0.15) is 0 Å². The van der Waals surface area contributed by atoms with E-state index < -0.39 is 0 Å². The number of nitrogens with one attached hydrogen (secondary N) is 2. The predicted octanol–water partition coefficient (Wildman–Crippen LogP) is 2.17. The average Bonchev–Trinajstić information content (AvgIpc) is 2.84. The molecule has 2 aromatic heterocycles. The Bertz CT molecular complexity index is 766. The molecule has 0 aliphatic carbocycles. The monoisotopic (exact) mass is 350 g/mol. The van der Waals surface area contributed by atoms with Gasteiger partial charge in [-0.1, -0.05) is 19.8 Å². The number of aromatic amines is 1. The molecule has 1 atom stereocenters. The average molecular weight is 350 g/mol. The Morgan fingerprint density at radius 3 is 2.83 bits per heavy atom. The third-order valence-electron chi connectivity index (χ3n) is 4.23. The number of nitrogens with two attached hydrogens (primary N) is 1. The maximum Gasteiger partial charge on any atom is 0.259 e. The van der Waals surface area contributed by atoms with Gasteiger partial charge in [-0.15, -0.1) is 11.3 Å². The number of rotatable bonds is 8. The van der Waals surface area contributed by atoms with E-state index in [1.807, 2.05) is 13.8 Å². The van der Waals surface area contributed by atoms with Crippen LogP contribution in [-0.2, 0) is 11.2 Å². The molecule has 2 rings (SSSR count). The summed E-state index contributed by atoms with van der Waals surface area (Å²) in [5.41, 5.74) is 6.55. The van der Waals surface area contributed by atoms with Crippen LogP contribution in [0.25, 0.3) is 10.2 Å². The Balaban J connectivity index is 2.00. The zero-order valence-electron chi connectivity index (χ0n) is 14.6. The molecule has 6 nitrogen and oxygen atoms in total. The minimum absolute atomic E-state index is 0.0227. The molecule has 0 saturated heterocycles. The van der Waals surface area contributed by atoms with E-state index >= 15 is 0 Å². The number of unbranched alkanes of at least 4 members (excludes halogenated alkanes) is 1. The number of carbonyl (C=O) groups is 1. The van der Waals surface area contributed by atoms with Crippen LogP contribution in [0.1, 0.15) is 48.9 Å². The Morgan fingerprint density at radius 2 is 2.17 bits per heavy atom. The fourth-order valence-electron chi connectivity index (χ4n) is 2.65. The lowest BCUT2D eigenvalue weighted by Crippen LogP contribution is -2.40. The lowest BCUT2D eigenvalue weighted by molar-refractivity contribution is -0.121. The topological polar surface area (TPSA) is 101 Å². The van der Waals surface area contributed by atoms with Gasteiger partial charge in [0.05, 0.1) is 5.39 Å². The molecule has 0 fully saturated rings. The second-order valence-corrected chi connectivity index (χ2v) is 7.32. The van der Waals surface area contributed by atoms with Crippen molar-refractivity contribution in [1.82, 2.24) is 15.3 Å². The molecule has 0 spiro atoms. The SMILES string of the molecule is CCCCC(CN)NC(=O)CCc1nc2sc(C)c(C)c2c(=O)[nH]1. The highest BCUT2D eigenvalue weighted by atomic mass is 32.1. The fourth-order valence-corrected chi connectivity index (χ4v) is 3.70. The van der Waals surface area contributed by atoms with Gasteiger partial charge in [0, 0.05) is 30.3 Å². The molecule has 0 bridgehead atoms. The number of H-pyrrole nitrogens is 1. The van der Waals surface area contributed by atoms with E-state index in [2.05, 4.69) is 22.2 Å². The van der Waals surface area contributed by atoms with Crippen molar-refractivity contribution in [2.24, 2.45) is 5.73 Å². The lowest BCUT2D eigenvalue weighted by atomic mass is 10.1. The van der Waals surface area contributed by atoms with Crippen LogP contribution in [0, 0.1) is 13.8 Å². The van der Waals surface area contributed by atoms with Crippen LogP contribution < -0.4 is 16.6 Å². The summed E-state index contributed by atoms with van der Waals surface area (Å²) in [6, 6.07) is 0.0227. The van der Waals surface area contributed by atoms with Crippen LogP contribution in [0.5, 0.6) is 0 Å². The molecule has 0 aromatic carbocycles. The van der Waals surface area contributed by atoms with Gasteiger partial charge in [-0.3, -0.25) is 9.59 Å². The Hall–Kier alpha value is -1.73. The molecule has 0 radical (unpaired) electrons. The van der Waals surface area contributed by atoms with Crippen molar-refractivity contribution in [2.45, 2.75) is 58.9 Å². The maximum atomic E-state index is 12.2. The number of amides is 1. The second kappa shape index (κ2) is 8.39. The molecular weight excluding hydrogens is 324 g/mol. The summed E-state index contributed by atoms with van der Waals surface area (Å²) in [6.45, 7) is 6.47. The smallest absolute Gasteiger partial charge is 0.259 e. The molecule has 0 aliphatic rings. The number of hydrogen-bond donors (Lipinski definition) is 3. The van der Waals surface area contributed by atoms with Crippen molar-refractivity contribution in [2.75, 3.05) is 6.54 Å². The molecule has 2 heterocycles. The molecule has 0 saturated carbocycles. The first-order valence-corrected chi connectivity index (χ1v) is 9.26. The predicted molar refractivity (Wildman–Crippen MR) is 98.5 cm³/mol. The molecule has 2 aromatic rings. The van der Waals surface area contributed by atoms with E-state index in [9.17, 15) is 9.59 Å². The summed E-state index contributed by atoms with van der Waals surface area (Å²) >= 11 is 1.52. The Morgan fingerprint density at radius 1 is 1.42 bits per heavy atom. The van der Waals surface area contributed by atoms with Crippen molar-refractivity contribution in [3.63, 3.8) is 0 Å². The van der Waals surface area contributed by atoms with Crippen molar-refractivity contribution in [1.29, 1.82) is 0 Å². The summed E-state index contributed by atoms with van der Waals surface area (Å²) in [5.74, 6) is 0.504. The van der Waals surface area contributed by atoms with E-state index in [1.165, 1.54) is 11.3 Å². The van der Waals surface area contributed by atoms with Crippen LogP contribution in [0.3, 0.4) is 0 Å². The second-order valence-electron chi connectivity index (χ2n) is 6.12. The zero-order chi connectivity index (χ0) is 17.7. The molecule has 24 heavy (non-hydrogen) atoms. The van der Waals surface area contributed by atoms with Crippen LogP contribution in [0.4, 0.5) is 0 Å². The van der Waals surface area contributed by atoms with Crippen LogP contribution >= 0.6 is 11.3 Å². The summed E-state index contributed by atoms with van der Waals surface area (Å²) in [5, 5.41) is 3.62. The van der Waals surface area contributed by atoms with E-state index in [1.54, 1.807) is 0 Å². The van der Waals surface area contributed by atoms with Gasteiger partial charge in [0.2, 0.25) is 5.91 Å². The van der Waals surface area contributed by atoms with Gasteiger partial charge in [0.1, 0.15) is 10.7 Å². The van der Waals surface area contributed by atoms with E-state index in [4.69, 9.17) is 5.73 Å². The van der Waals surface area contributed by atoms with Crippen molar-refractivity contribution < 1.29 is 4.79 Å². The minimum Gasteiger partial charge on any atom is -0.352 e. The van der Waals surface area contributed by atoms with Crippen LogP contribution in [-0.4, -0.2) is 28.5 Å². The summed E-state index contributed by atoms with van der Waals surface area (Å²) in [6.07, 6.45) is 3.73. The highest BCUT2D eigenvalue weighted by Crippen LogP contribution is 2.25. The fraction of sp³-hybridized carbons (Fsp3) is 0.588. The van der Waals surface area contributed by atoms with E-state index in [-0.39, 0.29) is 17.5 Å². The number of aromatic nitrogens is 2. The van der Waals surface area contributed by atoms with Crippen LogP contribution in [0.2, 0.25) is 0 Å². The van der Waals surface area contributed by atoms with E-state index in [0.29, 0.717) is 30.6 Å². The minimum atomic E-state index is -0.125. The third-order valence-corrected chi connectivity index (χ3v) is 5.33. The molecule has 1 unspecified atom stereocenters. The summed E-state index contributed by atoms with van der Waals surface area (Å²) < 4.78 is 0. The number of thiophene rings is 1. The van der Waals surface area contributed by atoms with Crippen molar-refractivity contribution in [3.8, 4) is 0 Å². The van der Waals surface area contributed by atoms with Gasteiger partial charge in [0.15, 0.2) is 0 Å². The Labute approximate surface area is 145 Å². The molecule has 132 valence electrons. The highest BCUT2D eigenvalue weighted by Gasteiger charge is 2.14. The summed E-state index contributed by atoms with van der Waals surface area (Å²) in [7, 11) is 0. The first-order valence-electron chi connectivity index (χ1n) is 8.44. The first kappa shape index (κ1) is 18.6. The maximum absolute atomic E-state index is 12.2. The molecule has 1 amide bonds. The van der Waals surface area contributed by atoms with Crippen molar-refractivity contribution in [3.05, 3.63) is 26.6 Å². The number of hydrogen-bond acceptors (Lipinski definition) is 5. The quantitative estimate of drug-likeness (QED) is 0.679. The number of fused-ring (bicyclic) bond motifs is 1. The molecule has 4 N–H and O–H groups in total. The molecular formula is C17H26N4O2S. The van der Waals surface area contributed by atoms with Gasteiger partial charge >= 0.3 is 0 Å². The van der Waals surface area contributed by atoms with E-state index in [0.717, 1.165) is 34.5 Å². The number of carbonyl (C=O) groups excluding carboxylic acids is 1. The molecule has 7 heteroatoms. The van der Waals surface area contributed by atoms with Gasteiger partial charge < -0.3 is 16.0 Å². The first-order chi connectivity index (χ1) is 11.5. The Kier molecular flexibility index (Phi) is 6.51. The largest absolute Gasteiger partial charge is 0.352 e. The summed E-state index contributed by atoms with van der Waals surface area (Å²) in [4.78, 5) is 33.4. The third kappa shape index (κ3) is 4.42. The normalized spacial score (nSPS) is 12.5.